The van der Waals surface area contributed by atoms with Gasteiger partial charge >= 0.3 is 0 Å². The molecule has 0 fully saturated rings. The molecule has 1 amide bonds. The number of amides is 1. The zero-order valence-corrected chi connectivity index (χ0v) is 20.9. The lowest BCUT2D eigenvalue weighted by Gasteiger charge is -2.22. The van der Waals surface area contributed by atoms with E-state index in [9.17, 15) is 4.79 Å². The van der Waals surface area contributed by atoms with Crippen LogP contribution in [0.5, 0.6) is 5.75 Å². The van der Waals surface area contributed by atoms with Crippen LogP contribution in [-0.2, 0) is 11.3 Å². The summed E-state index contributed by atoms with van der Waals surface area (Å²) in [7, 11) is 0. The molecule has 0 radical (unpaired) electrons. The van der Waals surface area contributed by atoms with Gasteiger partial charge in [0.15, 0.2) is 5.17 Å². The van der Waals surface area contributed by atoms with Crippen LogP contribution in [0.3, 0.4) is 0 Å². The van der Waals surface area contributed by atoms with E-state index in [4.69, 9.17) is 10.1 Å². The summed E-state index contributed by atoms with van der Waals surface area (Å²) in [5.41, 5.74) is 3.47. The minimum absolute atomic E-state index is 0.158. The molecule has 7 heteroatoms. The van der Waals surface area contributed by atoms with E-state index < -0.39 is 0 Å². The first-order valence-corrected chi connectivity index (χ1v) is 12.7. The number of ether oxygens (including phenoxy) is 1. The summed E-state index contributed by atoms with van der Waals surface area (Å²) in [6.07, 6.45) is 6.73. The lowest BCUT2D eigenvalue weighted by atomic mass is 9.98. The van der Waals surface area contributed by atoms with Crippen LogP contribution in [-0.4, -0.2) is 33.0 Å². The summed E-state index contributed by atoms with van der Waals surface area (Å²) in [5.74, 6) is 1.16. The fourth-order valence-corrected chi connectivity index (χ4v) is 5.24. The third-order valence-corrected chi connectivity index (χ3v) is 7.36. The molecule has 6 nitrogen and oxygen atoms in total. The number of para-hydroxylation sites is 2. The summed E-state index contributed by atoms with van der Waals surface area (Å²) in [5, 5.41) is 10.2. The average molecular weight is 485 g/mol. The SMILES string of the molecule is CCC(C)c1ccccc1OCCn1cc(/C=C2/C(=N)N3C=C(C)SC3=NC2=O)c2ccccc21. The smallest absolute Gasteiger partial charge is 0.283 e. The maximum absolute atomic E-state index is 12.8. The topological polar surface area (TPSA) is 70.7 Å². The summed E-state index contributed by atoms with van der Waals surface area (Å²) in [6.45, 7) is 7.54. The van der Waals surface area contributed by atoms with Gasteiger partial charge in [0.1, 0.15) is 18.2 Å². The van der Waals surface area contributed by atoms with E-state index in [1.165, 1.54) is 17.3 Å². The number of nitrogens with one attached hydrogen (secondary N) is 1. The van der Waals surface area contributed by atoms with E-state index in [0.29, 0.717) is 29.8 Å². The number of amidine groups is 2. The number of aliphatic imine (C=N–C) groups is 1. The fourth-order valence-electron chi connectivity index (χ4n) is 4.43. The van der Waals surface area contributed by atoms with Gasteiger partial charge in [0.05, 0.1) is 12.1 Å². The van der Waals surface area contributed by atoms with Crippen LogP contribution in [0.25, 0.3) is 17.0 Å². The molecule has 0 saturated heterocycles. The van der Waals surface area contributed by atoms with E-state index >= 15 is 0 Å². The molecule has 0 bridgehead atoms. The van der Waals surface area contributed by atoms with Gasteiger partial charge in [-0.25, -0.2) is 0 Å². The Morgan fingerprint density at radius 2 is 1.94 bits per heavy atom. The zero-order chi connectivity index (χ0) is 24.5. The van der Waals surface area contributed by atoms with Crippen LogP contribution in [0.1, 0.15) is 44.2 Å². The van der Waals surface area contributed by atoms with Gasteiger partial charge in [-0.2, -0.15) is 4.99 Å². The van der Waals surface area contributed by atoms with Crippen LogP contribution in [0.2, 0.25) is 0 Å². The molecule has 2 aliphatic rings. The van der Waals surface area contributed by atoms with Crippen molar-refractivity contribution in [3.63, 3.8) is 0 Å². The maximum atomic E-state index is 12.8. The van der Waals surface area contributed by atoms with Gasteiger partial charge in [0.25, 0.3) is 5.91 Å². The standard InChI is InChI=1S/C28H28N4O2S/c1-4-18(2)21-9-6-8-12-25(21)34-14-13-31-17-20(22-10-5-7-11-24(22)31)15-23-26(29)32-16-19(3)35-28(32)30-27(23)33/h5-12,15-18,29H,4,13-14H2,1-3H3/b23-15-,29-26?. The third kappa shape index (κ3) is 4.44. The highest BCUT2D eigenvalue weighted by atomic mass is 32.2. The minimum Gasteiger partial charge on any atom is -0.491 e. The van der Waals surface area contributed by atoms with E-state index in [2.05, 4.69) is 41.6 Å². The molecule has 0 aliphatic carbocycles. The third-order valence-electron chi connectivity index (χ3n) is 6.46. The lowest BCUT2D eigenvalue weighted by Crippen LogP contribution is -2.35. The predicted octanol–water partition coefficient (Wildman–Crippen LogP) is 6.40. The molecular formula is C28H28N4O2S. The van der Waals surface area contributed by atoms with Crippen molar-refractivity contribution in [3.05, 3.63) is 82.5 Å². The molecule has 0 saturated carbocycles. The molecule has 3 heterocycles. The molecule has 3 aromatic rings. The quantitative estimate of drug-likeness (QED) is 0.394. The number of rotatable bonds is 7. The average Bonchev–Trinajstić information content (AvgIpc) is 3.41. The van der Waals surface area contributed by atoms with Gasteiger partial charge in [-0.1, -0.05) is 62.0 Å². The summed E-state index contributed by atoms with van der Waals surface area (Å²) in [4.78, 5) is 19.6. The Balaban J connectivity index is 1.41. The molecule has 1 atom stereocenters. The maximum Gasteiger partial charge on any atom is 0.283 e. The van der Waals surface area contributed by atoms with Crippen molar-refractivity contribution in [1.82, 2.24) is 9.47 Å². The van der Waals surface area contributed by atoms with Crippen molar-refractivity contribution in [2.24, 2.45) is 4.99 Å². The predicted molar refractivity (Wildman–Crippen MR) is 144 cm³/mol. The zero-order valence-electron chi connectivity index (χ0n) is 20.1. The number of carbonyl (C=O) groups excluding carboxylic acids is 1. The highest BCUT2D eigenvalue weighted by Gasteiger charge is 2.33. The molecule has 1 unspecified atom stereocenters. The molecule has 178 valence electrons. The summed E-state index contributed by atoms with van der Waals surface area (Å²) in [6, 6.07) is 16.3. The second kappa shape index (κ2) is 9.58. The normalized spacial score (nSPS) is 17.6. The van der Waals surface area contributed by atoms with Crippen molar-refractivity contribution in [2.75, 3.05) is 6.61 Å². The number of allylic oxidation sites excluding steroid dienone is 1. The number of hydrogen-bond acceptors (Lipinski definition) is 4. The van der Waals surface area contributed by atoms with Crippen molar-refractivity contribution >= 4 is 45.7 Å². The number of carbonyl (C=O) groups is 1. The highest BCUT2D eigenvalue weighted by Crippen LogP contribution is 2.33. The van der Waals surface area contributed by atoms with Crippen molar-refractivity contribution in [1.29, 1.82) is 5.41 Å². The van der Waals surface area contributed by atoms with Gasteiger partial charge < -0.3 is 9.30 Å². The molecular weight excluding hydrogens is 456 g/mol. The number of hydrogen-bond donors (Lipinski definition) is 1. The molecule has 35 heavy (non-hydrogen) atoms. The Morgan fingerprint density at radius 3 is 2.77 bits per heavy atom. The number of fused-ring (bicyclic) bond motifs is 2. The molecule has 2 aromatic carbocycles. The second-order valence-electron chi connectivity index (χ2n) is 8.81. The number of thioether (sulfide) groups is 1. The van der Waals surface area contributed by atoms with Crippen LogP contribution in [0.15, 0.2) is 76.4 Å². The van der Waals surface area contributed by atoms with E-state index in [1.807, 2.05) is 49.7 Å². The first kappa shape index (κ1) is 23.2. The van der Waals surface area contributed by atoms with Gasteiger partial charge in [-0.15, -0.1) is 0 Å². The Hall–Kier alpha value is -3.58. The van der Waals surface area contributed by atoms with Crippen LogP contribution in [0, 0.1) is 5.41 Å². The van der Waals surface area contributed by atoms with Crippen molar-refractivity contribution in [3.8, 4) is 5.75 Å². The van der Waals surface area contributed by atoms with Gasteiger partial charge in [0, 0.05) is 33.8 Å². The Bertz CT molecular complexity index is 1420. The Morgan fingerprint density at radius 1 is 1.17 bits per heavy atom. The largest absolute Gasteiger partial charge is 0.491 e. The van der Waals surface area contributed by atoms with Gasteiger partial charge in [0.2, 0.25) is 0 Å². The van der Waals surface area contributed by atoms with E-state index in [1.54, 1.807) is 11.0 Å². The van der Waals surface area contributed by atoms with Crippen molar-refractivity contribution < 1.29 is 9.53 Å². The van der Waals surface area contributed by atoms with E-state index in [0.717, 1.165) is 33.5 Å². The van der Waals surface area contributed by atoms with Crippen LogP contribution >= 0.6 is 11.8 Å². The molecule has 5 rings (SSSR count). The molecule has 1 aromatic heterocycles. The number of aromatic nitrogens is 1. The van der Waals surface area contributed by atoms with Crippen molar-refractivity contribution in [2.45, 2.75) is 39.7 Å². The van der Waals surface area contributed by atoms with Gasteiger partial charge in [-0.05, 0) is 43.0 Å². The molecule has 1 N–H and O–H groups in total. The van der Waals surface area contributed by atoms with E-state index in [-0.39, 0.29) is 11.7 Å². The Labute approximate surface area is 209 Å². The molecule has 0 spiro atoms. The minimum atomic E-state index is -0.376. The highest BCUT2D eigenvalue weighted by molar-refractivity contribution is 8.17. The summed E-state index contributed by atoms with van der Waals surface area (Å²) >= 11 is 1.41. The first-order chi connectivity index (χ1) is 17.0. The molecule has 2 aliphatic heterocycles. The lowest BCUT2D eigenvalue weighted by molar-refractivity contribution is -0.114. The number of nitrogens with zero attached hydrogens (tertiary/aromatic N) is 3. The number of benzene rings is 2. The fraction of sp³-hybridized carbons (Fsp3) is 0.250. The first-order valence-electron chi connectivity index (χ1n) is 11.8. The summed E-state index contributed by atoms with van der Waals surface area (Å²) < 4.78 is 8.35. The van der Waals surface area contributed by atoms with Crippen LogP contribution in [0.4, 0.5) is 0 Å². The monoisotopic (exact) mass is 484 g/mol. The van der Waals surface area contributed by atoms with Crippen LogP contribution < -0.4 is 4.74 Å². The van der Waals surface area contributed by atoms with Gasteiger partial charge in [-0.3, -0.25) is 15.1 Å². The second-order valence-corrected chi connectivity index (χ2v) is 10.0. The Kier molecular flexibility index (Phi) is 6.34.